The van der Waals surface area contributed by atoms with E-state index in [4.69, 9.17) is 4.43 Å². The molecule has 0 aromatic heterocycles. The van der Waals surface area contributed by atoms with Gasteiger partial charge in [-0.1, -0.05) is 0 Å². The van der Waals surface area contributed by atoms with Crippen molar-refractivity contribution in [2.75, 3.05) is 60.9 Å². The maximum absolute atomic E-state index is 5.94. The molecule has 0 aromatic rings. The summed E-state index contributed by atoms with van der Waals surface area (Å²) >= 11 is 0. The van der Waals surface area contributed by atoms with Crippen molar-refractivity contribution in [1.29, 1.82) is 0 Å². The Morgan fingerprint density at radius 2 is 1.18 bits per heavy atom. The van der Waals surface area contributed by atoms with E-state index in [9.17, 15) is 0 Å². The molecule has 0 spiro atoms. The third-order valence-electron chi connectivity index (χ3n) is 3.56. The molecule has 0 saturated carbocycles. The lowest BCUT2D eigenvalue weighted by Gasteiger charge is -2.24. The highest BCUT2D eigenvalue weighted by molar-refractivity contribution is 6.27. The van der Waals surface area contributed by atoms with Crippen LogP contribution in [0, 0.1) is 0 Å². The summed E-state index contributed by atoms with van der Waals surface area (Å²) in [5, 5.41) is 0. The first-order chi connectivity index (χ1) is 10.2. The van der Waals surface area contributed by atoms with Crippen molar-refractivity contribution in [2.45, 2.75) is 51.7 Å². The molecule has 0 unspecified atom stereocenters. The van der Waals surface area contributed by atoms with E-state index >= 15 is 0 Å². The Bertz CT molecular complexity index is 241. The third kappa shape index (κ3) is 16.4. The van der Waals surface area contributed by atoms with E-state index in [-0.39, 0.29) is 15.4 Å². The van der Waals surface area contributed by atoms with Crippen molar-refractivity contribution >= 4 is 9.76 Å². The van der Waals surface area contributed by atoms with Crippen molar-refractivity contribution in [1.82, 2.24) is 14.7 Å². The van der Waals surface area contributed by atoms with Crippen LogP contribution in [0.4, 0.5) is 0 Å². The molecule has 5 heteroatoms. The first-order valence-corrected chi connectivity index (χ1v) is 10.4. The predicted octanol–water partition coefficient (Wildman–Crippen LogP) is 1.90. The third-order valence-corrected chi connectivity index (χ3v) is 5.42. The maximum Gasteiger partial charge on any atom is 0.162 e. The Balaban J connectivity index is 3.89. The minimum absolute atomic E-state index is 0.0589. The molecular weight excluding hydrogens is 290 g/mol. The molecule has 0 bridgehead atoms. The summed E-state index contributed by atoms with van der Waals surface area (Å²) in [6.07, 6.45) is 3.84. The lowest BCUT2D eigenvalue weighted by molar-refractivity contribution is 0.137. The van der Waals surface area contributed by atoms with Gasteiger partial charge in [0.2, 0.25) is 0 Å². The first-order valence-electron chi connectivity index (χ1n) is 8.86. The first kappa shape index (κ1) is 22.1. The van der Waals surface area contributed by atoms with Crippen LogP contribution in [0.25, 0.3) is 0 Å². The van der Waals surface area contributed by atoms with Gasteiger partial charge in [0.25, 0.3) is 0 Å². The van der Waals surface area contributed by atoms with Crippen molar-refractivity contribution in [3.63, 3.8) is 0 Å². The van der Waals surface area contributed by atoms with Crippen LogP contribution in [0.5, 0.6) is 0 Å². The van der Waals surface area contributed by atoms with Crippen LogP contribution in [0.15, 0.2) is 0 Å². The van der Waals surface area contributed by atoms with Gasteiger partial charge in [-0.05, 0) is 107 Å². The van der Waals surface area contributed by atoms with Gasteiger partial charge in [-0.3, -0.25) is 0 Å². The molecule has 134 valence electrons. The second-order valence-electron chi connectivity index (χ2n) is 7.82. The number of hydrogen-bond donors (Lipinski definition) is 0. The Labute approximate surface area is 142 Å². The molecule has 0 rings (SSSR count). The number of nitrogens with zero attached hydrogens (tertiary/aromatic N) is 3. The van der Waals surface area contributed by atoms with E-state index in [0.29, 0.717) is 0 Å². The zero-order valence-electron chi connectivity index (χ0n) is 16.3. The average Bonchev–Trinajstić information content (AvgIpc) is 2.35. The Kier molecular flexibility index (Phi) is 12.5. The van der Waals surface area contributed by atoms with E-state index in [2.05, 4.69) is 63.7 Å². The topological polar surface area (TPSA) is 19.0 Å². The molecule has 0 amide bonds. The highest BCUT2D eigenvalue weighted by atomic mass is 28.2. The van der Waals surface area contributed by atoms with Gasteiger partial charge in [-0.15, -0.1) is 0 Å². The molecule has 0 N–H and O–H groups in total. The molecular formula is C17H41N3OSi. The standard InChI is InChI=1S/C17H41N3OSi/c1-17(2,3)21-22-16-10-15-20(13-8-11-18(4)5)14-9-12-19(6)7/h8-16,22H2,1-7H3. The molecule has 4 nitrogen and oxygen atoms in total. The van der Waals surface area contributed by atoms with Crippen LogP contribution < -0.4 is 0 Å². The molecule has 0 aliphatic heterocycles. The second-order valence-corrected chi connectivity index (χ2v) is 9.23. The minimum Gasteiger partial charge on any atom is -0.419 e. The second kappa shape index (κ2) is 12.5. The molecule has 0 aliphatic carbocycles. The normalized spacial score (nSPS) is 13.4. The molecule has 0 saturated heterocycles. The average molecular weight is 332 g/mol. The summed E-state index contributed by atoms with van der Waals surface area (Å²) in [7, 11) is 8.29. The van der Waals surface area contributed by atoms with Crippen molar-refractivity contribution in [3.05, 3.63) is 0 Å². The van der Waals surface area contributed by atoms with Gasteiger partial charge in [-0.2, -0.15) is 0 Å². The number of rotatable bonds is 13. The predicted molar refractivity (Wildman–Crippen MR) is 102 cm³/mol. The quantitative estimate of drug-likeness (QED) is 0.379. The maximum atomic E-state index is 5.94. The van der Waals surface area contributed by atoms with Crippen LogP contribution >= 0.6 is 0 Å². The molecule has 0 radical (unpaired) electrons. The van der Waals surface area contributed by atoms with Gasteiger partial charge in [-0.25, -0.2) is 0 Å². The van der Waals surface area contributed by atoms with Crippen LogP contribution in [0.3, 0.4) is 0 Å². The van der Waals surface area contributed by atoms with Crippen LogP contribution in [-0.4, -0.2) is 91.0 Å². The molecule has 22 heavy (non-hydrogen) atoms. The Morgan fingerprint density at radius 1 is 0.727 bits per heavy atom. The van der Waals surface area contributed by atoms with Crippen LogP contribution in [0.1, 0.15) is 40.0 Å². The molecule has 0 aromatic carbocycles. The highest BCUT2D eigenvalue weighted by Crippen LogP contribution is 2.07. The summed E-state index contributed by atoms with van der Waals surface area (Å²) in [5.41, 5.74) is 0.0589. The van der Waals surface area contributed by atoms with Gasteiger partial charge >= 0.3 is 0 Å². The fourth-order valence-electron chi connectivity index (χ4n) is 2.37. The SMILES string of the molecule is CN(C)CCCN(CCC[SiH2]OC(C)(C)C)CCCN(C)C. The summed E-state index contributed by atoms with van der Waals surface area (Å²) in [4.78, 5) is 7.21. The monoisotopic (exact) mass is 331 g/mol. The molecule has 0 aliphatic rings. The fourth-order valence-corrected chi connectivity index (χ4v) is 3.56. The van der Waals surface area contributed by atoms with Gasteiger partial charge in [0.15, 0.2) is 9.76 Å². The van der Waals surface area contributed by atoms with E-state index in [0.717, 1.165) is 0 Å². The minimum atomic E-state index is -0.343. The van der Waals surface area contributed by atoms with Gasteiger partial charge in [0, 0.05) is 5.60 Å². The van der Waals surface area contributed by atoms with Gasteiger partial charge in [0.1, 0.15) is 0 Å². The van der Waals surface area contributed by atoms with E-state index in [1.54, 1.807) is 0 Å². The smallest absolute Gasteiger partial charge is 0.162 e. The zero-order valence-corrected chi connectivity index (χ0v) is 17.7. The Morgan fingerprint density at radius 3 is 1.59 bits per heavy atom. The van der Waals surface area contributed by atoms with Gasteiger partial charge in [0.05, 0.1) is 0 Å². The summed E-state index contributed by atoms with van der Waals surface area (Å²) in [5.74, 6) is 0. The fraction of sp³-hybridized carbons (Fsp3) is 1.00. The van der Waals surface area contributed by atoms with E-state index in [1.807, 2.05) is 0 Å². The Hall–Kier alpha value is 0.0569. The molecule has 0 fully saturated rings. The number of hydrogen-bond acceptors (Lipinski definition) is 4. The van der Waals surface area contributed by atoms with Crippen molar-refractivity contribution < 1.29 is 4.43 Å². The lowest BCUT2D eigenvalue weighted by Crippen LogP contribution is -2.31. The molecule has 0 atom stereocenters. The molecule has 0 heterocycles. The zero-order chi connectivity index (χ0) is 17.0. The van der Waals surface area contributed by atoms with Gasteiger partial charge < -0.3 is 19.1 Å². The van der Waals surface area contributed by atoms with Crippen molar-refractivity contribution in [3.8, 4) is 0 Å². The van der Waals surface area contributed by atoms with Crippen LogP contribution in [-0.2, 0) is 4.43 Å². The summed E-state index contributed by atoms with van der Waals surface area (Å²) in [6.45, 7) is 12.6. The van der Waals surface area contributed by atoms with E-state index in [1.165, 1.54) is 58.0 Å². The van der Waals surface area contributed by atoms with Crippen molar-refractivity contribution in [2.24, 2.45) is 0 Å². The largest absolute Gasteiger partial charge is 0.419 e. The summed E-state index contributed by atoms with van der Waals surface area (Å²) < 4.78 is 5.94. The van der Waals surface area contributed by atoms with Crippen LogP contribution in [0.2, 0.25) is 6.04 Å². The summed E-state index contributed by atoms with van der Waals surface area (Å²) in [6, 6.07) is 1.30. The highest BCUT2D eigenvalue weighted by Gasteiger charge is 2.10. The lowest BCUT2D eigenvalue weighted by atomic mass is 10.2. The van der Waals surface area contributed by atoms with E-state index < -0.39 is 0 Å².